The van der Waals surface area contributed by atoms with E-state index in [1.165, 1.54) is 18.3 Å². The van der Waals surface area contributed by atoms with Gasteiger partial charge in [0.2, 0.25) is 0 Å². The van der Waals surface area contributed by atoms with Gasteiger partial charge in [-0.1, -0.05) is 12.0 Å². The molecule has 0 amide bonds. The fourth-order valence-corrected chi connectivity index (χ4v) is 1.95. The molecule has 2 heterocycles. The Balaban J connectivity index is 1.98. The van der Waals surface area contributed by atoms with Crippen molar-refractivity contribution in [1.29, 1.82) is 0 Å². The van der Waals surface area contributed by atoms with Gasteiger partial charge < -0.3 is 16.2 Å². The van der Waals surface area contributed by atoms with E-state index >= 15 is 0 Å². The molecule has 2 aromatic heterocycles. The fraction of sp³-hybridized carbons (Fsp3) is 0. The first kappa shape index (κ1) is 15.3. The molecule has 1 aromatic carbocycles. The zero-order chi connectivity index (χ0) is 16.9. The van der Waals surface area contributed by atoms with E-state index in [0.29, 0.717) is 22.7 Å². The fourth-order valence-electron chi connectivity index (χ4n) is 1.95. The van der Waals surface area contributed by atoms with Crippen LogP contribution in [0.2, 0.25) is 0 Å². The number of aromatic nitrogens is 2. The van der Waals surface area contributed by atoms with E-state index in [1.807, 2.05) is 6.07 Å². The summed E-state index contributed by atoms with van der Waals surface area (Å²) in [5, 5.41) is 0. The molecule has 5 nitrogen and oxygen atoms in total. The molecule has 118 valence electrons. The monoisotopic (exact) mass is 320 g/mol. The van der Waals surface area contributed by atoms with Crippen LogP contribution in [0.15, 0.2) is 54.9 Å². The largest absolute Gasteiger partial charge is 0.453 e. The van der Waals surface area contributed by atoms with E-state index in [-0.39, 0.29) is 11.6 Å². The first-order chi connectivity index (χ1) is 11.6. The summed E-state index contributed by atoms with van der Waals surface area (Å²) in [7, 11) is 0. The van der Waals surface area contributed by atoms with Crippen LogP contribution in [0.3, 0.4) is 0 Å². The van der Waals surface area contributed by atoms with Gasteiger partial charge in [-0.25, -0.2) is 14.4 Å². The zero-order valence-corrected chi connectivity index (χ0v) is 12.5. The maximum Gasteiger partial charge on any atom is 0.167 e. The van der Waals surface area contributed by atoms with Crippen LogP contribution in [0, 0.1) is 17.7 Å². The molecular formula is C18H13FN4O. The zero-order valence-electron chi connectivity index (χ0n) is 12.5. The smallest absolute Gasteiger partial charge is 0.167 e. The SMILES string of the molecule is Nc1ccc(Oc2ccnc(N)c2C#Cc2ccccn2)c(F)c1. The Morgan fingerprint density at radius 2 is 1.79 bits per heavy atom. The number of nitrogens with zero attached hydrogens (tertiary/aromatic N) is 2. The standard InChI is InChI=1S/C18H13FN4O/c19-15-11-12(20)4-7-17(15)24-16-8-10-23-18(21)14(16)6-5-13-3-1-2-9-22-13/h1-4,7-11H,20H2,(H2,21,23). The summed E-state index contributed by atoms with van der Waals surface area (Å²) in [4.78, 5) is 8.10. The Morgan fingerprint density at radius 3 is 2.54 bits per heavy atom. The molecule has 0 fully saturated rings. The van der Waals surface area contributed by atoms with Crippen molar-refractivity contribution in [3.63, 3.8) is 0 Å². The Kier molecular flexibility index (Phi) is 4.25. The number of rotatable bonds is 2. The molecule has 0 aliphatic carbocycles. The molecule has 0 spiro atoms. The van der Waals surface area contributed by atoms with E-state index < -0.39 is 5.82 Å². The van der Waals surface area contributed by atoms with Crippen molar-refractivity contribution in [2.24, 2.45) is 0 Å². The molecule has 0 aliphatic rings. The summed E-state index contributed by atoms with van der Waals surface area (Å²) < 4.78 is 19.5. The van der Waals surface area contributed by atoms with Crippen molar-refractivity contribution in [1.82, 2.24) is 9.97 Å². The van der Waals surface area contributed by atoms with Crippen LogP contribution in [0.25, 0.3) is 0 Å². The van der Waals surface area contributed by atoms with Crippen molar-refractivity contribution in [3.05, 3.63) is 71.9 Å². The number of nitrogens with two attached hydrogens (primary N) is 2. The van der Waals surface area contributed by atoms with Gasteiger partial charge in [0, 0.05) is 30.2 Å². The van der Waals surface area contributed by atoms with Crippen LogP contribution >= 0.6 is 0 Å². The van der Waals surface area contributed by atoms with Crippen LogP contribution < -0.4 is 16.2 Å². The lowest BCUT2D eigenvalue weighted by atomic mass is 10.2. The van der Waals surface area contributed by atoms with Gasteiger partial charge >= 0.3 is 0 Å². The maximum absolute atomic E-state index is 13.9. The van der Waals surface area contributed by atoms with Crippen LogP contribution in [0.5, 0.6) is 11.5 Å². The first-order valence-corrected chi connectivity index (χ1v) is 7.04. The number of ether oxygens (including phenoxy) is 1. The maximum atomic E-state index is 13.9. The summed E-state index contributed by atoms with van der Waals surface area (Å²) in [5.41, 5.74) is 12.7. The molecule has 24 heavy (non-hydrogen) atoms. The molecular weight excluding hydrogens is 307 g/mol. The van der Waals surface area contributed by atoms with E-state index in [9.17, 15) is 4.39 Å². The molecule has 6 heteroatoms. The third-order valence-electron chi connectivity index (χ3n) is 3.10. The van der Waals surface area contributed by atoms with Crippen molar-refractivity contribution in [2.45, 2.75) is 0 Å². The van der Waals surface area contributed by atoms with Gasteiger partial charge in [-0.05, 0) is 30.2 Å². The van der Waals surface area contributed by atoms with E-state index in [0.717, 1.165) is 0 Å². The van der Waals surface area contributed by atoms with Crippen LogP contribution in [-0.2, 0) is 0 Å². The van der Waals surface area contributed by atoms with Gasteiger partial charge in [-0.15, -0.1) is 0 Å². The molecule has 0 radical (unpaired) electrons. The number of nitrogen functional groups attached to an aromatic ring is 2. The lowest BCUT2D eigenvalue weighted by molar-refractivity contribution is 0.441. The normalized spacial score (nSPS) is 9.88. The van der Waals surface area contributed by atoms with Crippen molar-refractivity contribution >= 4 is 11.5 Å². The lowest BCUT2D eigenvalue weighted by Crippen LogP contribution is -1.99. The molecule has 0 aliphatic heterocycles. The molecule has 4 N–H and O–H groups in total. The minimum atomic E-state index is -0.575. The highest BCUT2D eigenvalue weighted by Crippen LogP contribution is 2.29. The summed E-state index contributed by atoms with van der Waals surface area (Å²) in [6.07, 6.45) is 3.10. The second kappa shape index (κ2) is 6.67. The average Bonchev–Trinajstić information content (AvgIpc) is 2.58. The first-order valence-electron chi connectivity index (χ1n) is 7.04. The number of benzene rings is 1. The summed E-state index contributed by atoms with van der Waals surface area (Å²) in [6.45, 7) is 0. The number of hydrogen-bond donors (Lipinski definition) is 2. The molecule has 3 rings (SSSR count). The number of halogens is 1. The summed E-state index contributed by atoms with van der Waals surface area (Å²) >= 11 is 0. The van der Waals surface area contributed by atoms with Gasteiger partial charge in [-0.2, -0.15) is 0 Å². The second-order valence-corrected chi connectivity index (χ2v) is 4.83. The topological polar surface area (TPSA) is 87.0 Å². The minimum Gasteiger partial charge on any atom is -0.453 e. The van der Waals surface area contributed by atoms with Gasteiger partial charge in [0.1, 0.15) is 22.8 Å². The van der Waals surface area contributed by atoms with Crippen molar-refractivity contribution in [3.8, 4) is 23.3 Å². The number of anilines is 2. The Bertz CT molecular complexity index is 933. The molecule has 0 saturated heterocycles. The van der Waals surface area contributed by atoms with Crippen LogP contribution in [0.1, 0.15) is 11.3 Å². The minimum absolute atomic E-state index is 0.0238. The Morgan fingerprint density at radius 1 is 0.917 bits per heavy atom. The van der Waals surface area contributed by atoms with Gasteiger partial charge in [0.05, 0.1) is 0 Å². The van der Waals surface area contributed by atoms with Gasteiger partial charge in [-0.3, -0.25) is 0 Å². The predicted octanol–water partition coefficient (Wildman–Crippen LogP) is 2.97. The Labute approximate surface area is 138 Å². The van der Waals surface area contributed by atoms with E-state index in [1.54, 1.807) is 30.5 Å². The molecule has 0 bridgehead atoms. The number of pyridine rings is 2. The van der Waals surface area contributed by atoms with Crippen LogP contribution in [-0.4, -0.2) is 9.97 Å². The lowest BCUT2D eigenvalue weighted by Gasteiger charge is -2.10. The highest BCUT2D eigenvalue weighted by molar-refractivity contribution is 5.60. The molecule has 0 unspecified atom stereocenters. The van der Waals surface area contributed by atoms with Gasteiger partial charge in [0.15, 0.2) is 11.6 Å². The third-order valence-corrected chi connectivity index (χ3v) is 3.10. The molecule has 0 saturated carbocycles. The summed E-state index contributed by atoms with van der Waals surface area (Å²) in [6, 6.07) is 11.1. The highest BCUT2D eigenvalue weighted by Gasteiger charge is 2.11. The summed E-state index contributed by atoms with van der Waals surface area (Å²) in [5.74, 6) is 5.69. The van der Waals surface area contributed by atoms with Crippen molar-refractivity contribution < 1.29 is 9.13 Å². The molecule has 3 aromatic rings. The highest BCUT2D eigenvalue weighted by atomic mass is 19.1. The van der Waals surface area contributed by atoms with E-state index in [4.69, 9.17) is 16.2 Å². The second-order valence-electron chi connectivity index (χ2n) is 4.83. The van der Waals surface area contributed by atoms with Crippen molar-refractivity contribution in [2.75, 3.05) is 11.5 Å². The Hall–Kier alpha value is -3.59. The van der Waals surface area contributed by atoms with E-state index in [2.05, 4.69) is 21.8 Å². The van der Waals surface area contributed by atoms with Crippen LogP contribution in [0.4, 0.5) is 15.9 Å². The molecule has 0 atom stereocenters. The predicted molar refractivity (Wildman–Crippen MR) is 89.8 cm³/mol. The average molecular weight is 320 g/mol. The quantitative estimate of drug-likeness (QED) is 0.560. The van der Waals surface area contributed by atoms with Gasteiger partial charge in [0.25, 0.3) is 0 Å². The number of hydrogen-bond acceptors (Lipinski definition) is 5. The third kappa shape index (κ3) is 3.42.